The van der Waals surface area contributed by atoms with E-state index < -0.39 is 0 Å². The van der Waals surface area contributed by atoms with Gasteiger partial charge in [0.2, 0.25) is 0 Å². The molecule has 0 aliphatic heterocycles. The van der Waals surface area contributed by atoms with E-state index in [0.717, 1.165) is 17.6 Å². The van der Waals surface area contributed by atoms with Gasteiger partial charge in [-0.2, -0.15) is 0 Å². The van der Waals surface area contributed by atoms with E-state index in [1.54, 1.807) is 0 Å². The zero-order chi connectivity index (χ0) is 13.4. The van der Waals surface area contributed by atoms with Crippen LogP contribution in [0.5, 0.6) is 0 Å². The molecule has 2 nitrogen and oxygen atoms in total. The molecule has 1 aromatic rings. The topological polar surface area (TPSA) is 21.3 Å². The monoisotopic (exact) mass is 313 g/mol. The van der Waals surface area contributed by atoms with Crippen molar-refractivity contribution in [3.05, 3.63) is 33.8 Å². The van der Waals surface area contributed by atoms with Crippen molar-refractivity contribution in [2.75, 3.05) is 13.7 Å². The molecule has 0 atom stereocenters. The Kier molecular flexibility index (Phi) is 7.56. The van der Waals surface area contributed by atoms with E-state index in [9.17, 15) is 0 Å². The molecule has 0 bridgehead atoms. The molecule has 18 heavy (non-hydrogen) atoms. The summed E-state index contributed by atoms with van der Waals surface area (Å²) in [5.41, 5.74) is 2.51. The molecular weight excluding hydrogens is 290 g/mol. The number of nitrogens with one attached hydrogen (secondary N) is 1. The fourth-order valence-corrected chi connectivity index (χ4v) is 2.42. The first kappa shape index (κ1) is 15.7. The molecule has 3 heteroatoms. The van der Waals surface area contributed by atoms with Crippen molar-refractivity contribution in [1.29, 1.82) is 0 Å². The molecule has 0 amide bonds. The number of halogens is 1. The third-order valence-electron chi connectivity index (χ3n) is 3.26. The third kappa shape index (κ3) is 5.09. The molecule has 0 spiro atoms. The summed E-state index contributed by atoms with van der Waals surface area (Å²) in [6, 6.07) is 6.45. The molecule has 1 rings (SSSR count). The second kappa shape index (κ2) is 8.68. The fourth-order valence-electron chi connectivity index (χ4n) is 1.88. The Morgan fingerprint density at radius 1 is 1.28 bits per heavy atom. The van der Waals surface area contributed by atoms with Crippen LogP contribution in [0.2, 0.25) is 0 Å². The van der Waals surface area contributed by atoms with Gasteiger partial charge in [-0.3, -0.25) is 0 Å². The number of ether oxygens (including phenoxy) is 1. The lowest BCUT2D eigenvalue weighted by Gasteiger charge is -2.13. The molecule has 102 valence electrons. The summed E-state index contributed by atoms with van der Waals surface area (Å²) >= 11 is 3.61. The van der Waals surface area contributed by atoms with Gasteiger partial charge in [-0.05, 0) is 30.2 Å². The lowest BCUT2D eigenvalue weighted by molar-refractivity contribution is 0.0840. The zero-order valence-corrected chi connectivity index (χ0v) is 13.2. The molecule has 1 N–H and O–H groups in total. The van der Waals surface area contributed by atoms with Crippen LogP contribution in [-0.2, 0) is 17.9 Å². The Hall–Kier alpha value is -0.380. The van der Waals surface area contributed by atoms with Crippen LogP contribution in [0.15, 0.2) is 22.7 Å². The summed E-state index contributed by atoms with van der Waals surface area (Å²) in [7, 11) is 1.96. The Morgan fingerprint density at radius 3 is 2.56 bits per heavy atom. The van der Waals surface area contributed by atoms with Crippen molar-refractivity contribution in [2.45, 2.75) is 39.8 Å². The van der Waals surface area contributed by atoms with Gasteiger partial charge in [-0.15, -0.1) is 0 Å². The number of benzene rings is 1. The Labute approximate surface area is 119 Å². The molecule has 0 unspecified atom stereocenters. The van der Waals surface area contributed by atoms with Gasteiger partial charge in [0.15, 0.2) is 0 Å². The quantitative estimate of drug-likeness (QED) is 0.779. The highest BCUT2D eigenvalue weighted by Gasteiger charge is 2.05. The van der Waals surface area contributed by atoms with E-state index in [0.29, 0.717) is 12.5 Å². The maximum absolute atomic E-state index is 5.80. The third-order valence-corrected chi connectivity index (χ3v) is 4.00. The van der Waals surface area contributed by atoms with E-state index in [4.69, 9.17) is 4.74 Å². The van der Waals surface area contributed by atoms with Gasteiger partial charge in [0.25, 0.3) is 0 Å². The molecule has 0 aromatic heterocycles. The maximum Gasteiger partial charge on any atom is 0.0727 e. The summed E-state index contributed by atoms with van der Waals surface area (Å²) in [4.78, 5) is 0. The van der Waals surface area contributed by atoms with E-state index in [-0.39, 0.29) is 0 Å². The van der Waals surface area contributed by atoms with Crippen molar-refractivity contribution in [1.82, 2.24) is 5.32 Å². The van der Waals surface area contributed by atoms with Crippen molar-refractivity contribution in [3.63, 3.8) is 0 Å². The largest absolute Gasteiger partial charge is 0.376 e. The SMILES string of the molecule is CCC(CC)COCc1ccc(CNC)cc1Br. The second-order valence-corrected chi connectivity index (χ2v) is 5.51. The molecule has 1 aromatic carbocycles. The van der Waals surface area contributed by atoms with Crippen LogP contribution in [0.1, 0.15) is 37.8 Å². The zero-order valence-electron chi connectivity index (χ0n) is 11.6. The lowest BCUT2D eigenvalue weighted by Crippen LogP contribution is -2.08. The summed E-state index contributed by atoms with van der Waals surface area (Å²) in [6.07, 6.45) is 2.39. The van der Waals surface area contributed by atoms with Crippen molar-refractivity contribution in [2.24, 2.45) is 5.92 Å². The molecule has 0 saturated carbocycles. The molecule has 0 heterocycles. The summed E-state index contributed by atoms with van der Waals surface area (Å²) in [5.74, 6) is 0.687. The van der Waals surface area contributed by atoms with Crippen LogP contribution >= 0.6 is 15.9 Å². The highest BCUT2D eigenvalue weighted by atomic mass is 79.9. The smallest absolute Gasteiger partial charge is 0.0727 e. The van der Waals surface area contributed by atoms with Crippen molar-refractivity contribution < 1.29 is 4.74 Å². The fraction of sp³-hybridized carbons (Fsp3) is 0.600. The first-order valence-corrected chi connectivity index (χ1v) is 7.50. The second-order valence-electron chi connectivity index (χ2n) is 4.65. The minimum absolute atomic E-state index is 0.687. The standard InChI is InChI=1S/C15H24BrNO/c1-4-12(5-2)10-18-11-14-7-6-13(9-17-3)8-15(14)16/h6-8,12,17H,4-5,9-11H2,1-3H3. The van der Waals surface area contributed by atoms with Crippen molar-refractivity contribution in [3.8, 4) is 0 Å². The van der Waals surface area contributed by atoms with Crippen molar-refractivity contribution >= 4 is 15.9 Å². The lowest BCUT2D eigenvalue weighted by atomic mass is 10.1. The molecule has 0 aliphatic carbocycles. The van der Waals surface area contributed by atoms with E-state index in [1.165, 1.54) is 24.0 Å². The first-order chi connectivity index (χ1) is 8.71. The van der Waals surface area contributed by atoms with Gasteiger partial charge in [0, 0.05) is 17.6 Å². The Morgan fingerprint density at radius 2 is 2.00 bits per heavy atom. The highest BCUT2D eigenvalue weighted by molar-refractivity contribution is 9.10. The minimum Gasteiger partial charge on any atom is -0.376 e. The predicted molar refractivity (Wildman–Crippen MR) is 80.6 cm³/mol. The van der Waals surface area contributed by atoms with Gasteiger partial charge in [-0.25, -0.2) is 0 Å². The van der Waals surface area contributed by atoms with Gasteiger partial charge < -0.3 is 10.1 Å². The highest BCUT2D eigenvalue weighted by Crippen LogP contribution is 2.20. The normalized spacial score (nSPS) is 11.2. The van der Waals surface area contributed by atoms with E-state index >= 15 is 0 Å². The van der Waals surface area contributed by atoms with Gasteiger partial charge in [-0.1, -0.05) is 54.8 Å². The number of hydrogen-bond donors (Lipinski definition) is 1. The van der Waals surface area contributed by atoms with Crippen LogP contribution in [-0.4, -0.2) is 13.7 Å². The number of rotatable bonds is 8. The van der Waals surface area contributed by atoms with Gasteiger partial charge in [0.05, 0.1) is 6.61 Å². The van der Waals surface area contributed by atoms with Gasteiger partial charge in [0.1, 0.15) is 0 Å². The van der Waals surface area contributed by atoms with Crippen LogP contribution < -0.4 is 5.32 Å². The molecule has 0 saturated heterocycles. The Balaban J connectivity index is 2.47. The maximum atomic E-state index is 5.80. The number of hydrogen-bond acceptors (Lipinski definition) is 2. The molecule has 0 aliphatic rings. The van der Waals surface area contributed by atoms with E-state index in [1.807, 2.05) is 7.05 Å². The summed E-state index contributed by atoms with van der Waals surface area (Å²) < 4.78 is 6.94. The Bertz CT molecular complexity index is 350. The molecule has 0 fully saturated rings. The summed E-state index contributed by atoms with van der Waals surface area (Å²) in [5, 5.41) is 3.15. The van der Waals surface area contributed by atoms with Crippen LogP contribution in [0.3, 0.4) is 0 Å². The van der Waals surface area contributed by atoms with Crippen LogP contribution in [0.25, 0.3) is 0 Å². The van der Waals surface area contributed by atoms with Crippen LogP contribution in [0.4, 0.5) is 0 Å². The first-order valence-electron chi connectivity index (χ1n) is 6.70. The average Bonchev–Trinajstić information content (AvgIpc) is 2.37. The van der Waals surface area contributed by atoms with Gasteiger partial charge >= 0.3 is 0 Å². The summed E-state index contributed by atoms with van der Waals surface area (Å²) in [6.45, 7) is 6.89. The molecular formula is C15H24BrNO. The van der Waals surface area contributed by atoms with Crippen LogP contribution in [0, 0.1) is 5.92 Å². The van der Waals surface area contributed by atoms with E-state index in [2.05, 4.69) is 53.3 Å². The predicted octanol–water partition coefficient (Wildman–Crippen LogP) is 4.12. The minimum atomic E-state index is 0.687. The average molecular weight is 314 g/mol. The molecule has 0 radical (unpaired) electrons.